The number of alkyl halides is 3. The van der Waals surface area contributed by atoms with Crippen LogP contribution in [-0.4, -0.2) is 33.0 Å². The molecule has 0 saturated heterocycles. The minimum absolute atomic E-state index is 0.0685. The average molecular weight is 375 g/mol. The molecule has 0 spiro atoms. The van der Waals surface area contributed by atoms with Crippen LogP contribution >= 0.6 is 23.5 Å². The Kier molecular flexibility index (Phi) is 6.16. The van der Waals surface area contributed by atoms with Crippen molar-refractivity contribution >= 4 is 35.4 Å². The fourth-order valence-corrected chi connectivity index (χ4v) is 3.05. The molecular weight excluding hydrogens is 359 g/mol. The lowest BCUT2D eigenvalue weighted by atomic mass is 10.2. The van der Waals surface area contributed by atoms with Gasteiger partial charge in [0.25, 0.3) is 0 Å². The molecule has 0 saturated carbocycles. The molecule has 1 unspecified atom stereocenters. The second kappa shape index (κ2) is 7.93. The van der Waals surface area contributed by atoms with Crippen molar-refractivity contribution in [3.8, 4) is 0 Å². The monoisotopic (exact) mass is 375 g/mol. The minimum Gasteiger partial charge on any atom is -0.368 e. The van der Waals surface area contributed by atoms with E-state index in [-0.39, 0.29) is 12.0 Å². The number of halogens is 3. The number of nitrogens with one attached hydrogen (secondary N) is 1. The lowest BCUT2D eigenvalue weighted by Crippen LogP contribution is -2.20. The Hall–Kier alpha value is -1.68. The molecule has 0 fully saturated rings. The van der Waals surface area contributed by atoms with Crippen LogP contribution in [0.1, 0.15) is 12.5 Å². The Morgan fingerprint density at radius 2 is 2.00 bits per heavy atom. The quantitative estimate of drug-likeness (QED) is 0.744. The summed E-state index contributed by atoms with van der Waals surface area (Å²) in [7, 11) is 0. The van der Waals surface area contributed by atoms with Gasteiger partial charge in [0.2, 0.25) is 11.9 Å². The highest BCUT2D eigenvalue weighted by molar-refractivity contribution is 7.99. The molecule has 24 heavy (non-hydrogen) atoms. The van der Waals surface area contributed by atoms with Crippen LogP contribution < -0.4 is 11.1 Å². The Labute approximate surface area is 146 Å². The van der Waals surface area contributed by atoms with E-state index in [1.807, 2.05) is 13.2 Å². The van der Waals surface area contributed by atoms with E-state index in [1.54, 1.807) is 6.07 Å². The highest BCUT2D eigenvalue weighted by Gasteiger charge is 2.30. The van der Waals surface area contributed by atoms with Crippen molar-refractivity contribution < 1.29 is 13.2 Å². The van der Waals surface area contributed by atoms with Crippen molar-refractivity contribution in [3.63, 3.8) is 0 Å². The molecule has 3 N–H and O–H groups in total. The van der Waals surface area contributed by atoms with Crippen molar-refractivity contribution in [1.82, 2.24) is 15.0 Å². The number of nitrogens with zero attached hydrogens (tertiary/aromatic N) is 3. The van der Waals surface area contributed by atoms with E-state index >= 15 is 0 Å². The molecule has 2 rings (SSSR count). The zero-order valence-corrected chi connectivity index (χ0v) is 14.6. The van der Waals surface area contributed by atoms with Gasteiger partial charge in [-0.1, -0.05) is 17.8 Å². The average Bonchev–Trinajstić information content (AvgIpc) is 2.52. The van der Waals surface area contributed by atoms with E-state index in [2.05, 4.69) is 20.3 Å². The molecule has 1 aromatic carbocycles. The van der Waals surface area contributed by atoms with Crippen molar-refractivity contribution in [2.24, 2.45) is 0 Å². The van der Waals surface area contributed by atoms with Crippen molar-refractivity contribution in [3.05, 3.63) is 29.8 Å². The summed E-state index contributed by atoms with van der Waals surface area (Å²) in [6, 6.07) is 5.19. The van der Waals surface area contributed by atoms with Gasteiger partial charge in [0, 0.05) is 16.7 Å². The molecule has 5 nitrogen and oxygen atoms in total. The summed E-state index contributed by atoms with van der Waals surface area (Å²) in [5.41, 5.74) is 4.96. The molecule has 0 aliphatic heterocycles. The van der Waals surface area contributed by atoms with E-state index in [0.717, 1.165) is 12.1 Å². The normalized spacial score (nSPS) is 12.9. The summed E-state index contributed by atoms with van der Waals surface area (Å²) in [6.07, 6.45) is -2.51. The number of aromatic nitrogens is 3. The third kappa shape index (κ3) is 5.45. The fraction of sp³-hybridized carbons (Fsp3) is 0.357. The number of thioether (sulfide) groups is 2. The Morgan fingerprint density at radius 1 is 1.25 bits per heavy atom. The topological polar surface area (TPSA) is 76.7 Å². The Balaban J connectivity index is 1.96. The lowest BCUT2D eigenvalue weighted by molar-refractivity contribution is -0.137. The van der Waals surface area contributed by atoms with Gasteiger partial charge in [0.1, 0.15) is 0 Å². The third-order valence-electron chi connectivity index (χ3n) is 2.85. The van der Waals surface area contributed by atoms with Gasteiger partial charge in [-0.3, -0.25) is 0 Å². The first-order chi connectivity index (χ1) is 11.3. The van der Waals surface area contributed by atoms with E-state index < -0.39 is 11.7 Å². The number of benzene rings is 1. The Bertz CT molecular complexity index is 696. The molecule has 0 aliphatic rings. The maximum absolute atomic E-state index is 12.7. The maximum atomic E-state index is 12.7. The summed E-state index contributed by atoms with van der Waals surface area (Å²) in [5, 5.41) is 3.58. The number of hydrogen-bond donors (Lipinski definition) is 2. The highest BCUT2D eigenvalue weighted by Crippen LogP contribution is 2.32. The molecule has 1 aromatic heterocycles. The number of nitrogens with two attached hydrogens (primary N) is 1. The van der Waals surface area contributed by atoms with Crippen LogP contribution in [0.15, 0.2) is 34.3 Å². The van der Waals surface area contributed by atoms with Crippen LogP contribution in [0.3, 0.4) is 0 Å². The van der Waals surface area contributed by atoms with Crippen molar-refractivity contribution in [2.75, 3.05) is 23.1 Å². The van der Waals surface area contributed by atoms with Gasteiger partial charge in [-0.15, -0.1) is 11.8 Å². The van der Waals surface area contributed by atoms with Crippen LogP contribution in [0, 0.1) is 0 Å². The minimum atomic E-state index is -4.34. The molecular formula is C14H16F3N5S2. The van der Waals surface area contributed by atoms with Gasteiger partial charge < -0.3 is 11.1 Å². The standard InChI is InChI=1S/C14H16F3N5S2/c1-8(19-12-20-11(18)21-13(22-12)23-2)7-24-10-5-3-4-9(6-10)14(15,16)17/h3-6,8H,7H2,1-2H3,(H3,18,19,20,21,22). The summed E-state index contributed by atoms with van der Waals surface area (Å²) in [4.78, 5) is 12.7. The molecule has 10 heteroatoms. The van der Waals surface area contributed by atoms with Crippen LogP contribution in [0.4, 0.5) is 25.1 Å². The molecule has 0 bridgehead atoms. The zero-order chi connectivity index (χ0) is 17.7. The van der Waals surface area contributed by atoms with Gasteiger partial charge in [0.15, 0.2) is 5.16 Å². The van der Waals surface area contributed by atoms with Gasteiger partial charge in [-0.2, -0.15) is 28.1 Å². The first-order valence-corrected chi connectivity index (χ1v) is 9.11. The SMILES string of the molecule is CSc1nc(N)nc(NC(C)CSc2cccc(C(F)(F)F)c2)n1. The fourth-order valence-electron chi connectivity index (χ4n) is 1.77. The first-order valence-electron chi connectivity index (χ1n) is 6.90. The number of anilines is 2. The number of hydrogen-bond acceptors (Lipinski definition) is 7. The molecule has 2 aromatic rings. The zero-order valence-electron chi connectivity index (χ0n) is 13.0. The summed E-state index contributed by atoms with van der Waals surface area (Å²) < 4.78 is 38.1. The van der Waals surface area contributed by atoms with Gasteiger partial charge in [0.05, 0.1) is 5.56 Å². The van der Waals surface area contributed by atoms with Crippen LogP contribution in [-0.2, 0) is 6.18 Å². The number of rotatable bonds is 6. The number of nitrogen functional groups attached to an aromatic ring is 1. The first kappa shape index (κ1) is 18.7. The second-order valence-corrected chi connectivity index (χ2v) is 6.75. The molecule has 0 aliphatic carbocycles. The molecule has 0 amide bonds. The third-order valence-corrected chi connectivity index (χ3v) is 4.65. The van der Waals surface area contributed by atoms with Crippen LogP contribution in [0.5, 0.6) is 0 Å². The Morgan fingerprint density at radius 3 is 2.67 bits per heavy atom. The van der Waals surface area contributed by atoms with E-state index in [1.165, 1.54) is 29.6 Å². The van der Waals surface area contributed by atoms with Gasteiger partial charge in [-0.25, -0.2) is 0 Å². The lowest BCUT2D eigenvalue weighted by Gasteiger charge is -2.14. The summed E-state index contributed by atoms with van der Waals surface area (Å²) in [6.45, 7) is 1.89. The predicted molar refractivity (Wildman–Crippen MR) is 91.3 cm³/mol. The van der Waals surface area contributed by atoms with Crippen LogP contribution in [0.25, 0.3) is 0 Å². The second-order valence-electron chi connectivity index (χ2n) is 4.89. The van der Waals surface area contributed by atoms with Gasteiger partial charge >= 0.3 is 6.18 Å². The van der Waals surface area contributed by atoms with Crippen molar-refractivity contribution in [2.45, 2.75) is 29.2 Å². The van der Waals surface area contributed by atoms with E-state index in [4.69, 9.17) is 5.73 Å². The van der Waals surface area contributed by atoms with E-state index in [9.17, 15) is 13.2 Å². The smallest absolute Gasteiger partial charge is 0.368 e. The molecule has 0 radical (unpaired) electrons. The molecule has 1 heterocycles. The highest BCUT2D eigenvalue weighted by atomic mass is 32.2. The molecule has 130 valence electrons. The largest absolute Gasteiger partial charge is 0.416 e. The molecule has 1 atom stereocenters. The predicted octanol–water partition coefficient (Wildman–Crippen LogP) is 3.79. The summed E-state index contributed by atoms with van der Waals surface area (Å²) in [5.74, 6) is 1.01. The van der Waals surface area contributed by atoms with E-state index in [0.29, 0.717) is 21.8 Å². The maximum Gasteiger partial charge on any atom is 0.416 e. The van der Waals surface area contributed by atoms with Crippen LogP contribution in [0.2, 0.25) is 0 Å². The van der Waals surface area contributed by atoms with Gasteiger partial charge in [-0.05, 0) is 31.4 Å². The summed E-state index contributed by atoms with van der Waals surface area (Å²) >= 11 is 2.67. The van der Waals surface area contributed by atoms with Crippen molar-refractivity contribution in [1.29, 1.82) is 0 Å².